The van der Waals surface area contributed by atoms with Crippen molar-refractivity contribution in [1.29, 1.82) is 0 Å². The Morgan fingerprint density at radius 2 is 1.74 bits per heavy atom. The monoisotopic (exact) mass is 570 g/mol. The molecule has 0 radical (unpaired) electrons. The van der Waals surface area contributed by atoms with Gasteiger partial charge in [-0.2, -0.15) is 0 Å². The summed E-state index contributed by atoms with van der Waals surface area (Å²) in [5, 5.41) is 7.45. The van der Waals surface area contributed by atoms with Gasteiger partial charge in [-0.3, -0.25) is 14.9 Å². The highest BCUT2D eigenvalue weighted by Gasteiger charge is 2.72. The lowest BCUT2D eigenvalue weighted by molar-refractivity contribution is -0.124. The molecular weight excluding hydrogens is 534 g/mol. The van der Waals surface area contributed by atoms with Gasteiger partial charge in [-0.25, -0.2) is 4.39 Å². The number of halogens is 3. The van der Waals surface area contributed by atoms with Gasteiger partial charge in [0.1, 0.15) is 11.2 Å². The van der Waals surface area contributed by atoms with Crippen LogP contribution in [0.15, 0.2) is 36.4 Å². The second-order valence-electron chi connectivity index (χ2n) is 12.5. The Kier molecular flexibility index (Phi) is 7.31. The smallest absolute Gasteiger partial charge is 0.237 e. The molecule has 1 saturated heterocycles. The molecule has 4 aliphatic rings. The molecule has 7 heteroatoms. The maximum Gasteiger partial charge on any atom is 0.237 e. The van der Waals surface area contributed by atoms with E-state index in [0.29, 0.717) is 34.5 Å². The summed E-state index contributed by atoms with van der Waals surface area (Å²) >= 11 is 12.7. The molecule has 2 heterocycles. The van der Waals surface area contributed by atoms with Crippen LogP contribution < -0.4 is 10.6 Å². The van der Waals surface area contributed by atoms with E-state index < -0.39 is 28.7 Å². The van der Waals surface area contributed by atoms with Crippen molar-refractivity contribution in [2.75, 3.05) is 5.32 Å². The van der Waals surface area contributed by atoms with E-state index in [1.54, 1.807) is 24.3 Å². The minimum Gasteiger partial charge on any atom is -0.325 e. The van der Waals surface area contributed by atoms with Crippen molar-refractivity contribution in [3.8, 4) is 0 Å². The van der Waals surface area contributed by atoms with Crippen LogP contribution in [0.3, 0.4) is 0 Å². The SMILES string of the molecule is CC1CCC(CC(=O)[C@@H]2NC3(CCCCCC3)[C@@]3(C(=O)Nc4cc(Cl)ccc43)[C@H]2c2cccc(Cl)c2F)CC1. The first kappa shape index (κ1) is 27.2. The predicted octanol–water partition coefficient (Wildman–Crippen LogP) is 7.96. The summed E-state index contributed by atoms with van der Waals surface area (Å²) in [5.74, 6) is -0.361. The first-order valence-corrected chi connectivity index (χ1v) is 15.4. The van der Waals surface area contributed by atoms with Crippen LogP contribution in [0.1, 0.15) is 94.6 Å². The second kappa shape index (κ2) is 10.5. The third kappa shape index (κ3) is 4.35. The first-order chi connectivity index (χ1) is 18.8. The number of fused-ring (bicyclic) bond motifs is 3. The lowest BCUT2D eigenvalue weighted by Crippen LogP contribution is -2.59. The number of benzene rings is 2. The maximum atomic E-state index is 16.0. The fourth-order valence-electron chi connectivity index (χ4n) is 8.39. The molecular formula is C32H37Cl2FN2O2. The van der Waals surface area contributed by atoms with Gasteiger partial charge in [-0.05, 0) is 66.8 Å². The number of nitrogens with one attached hydrogen (secondary N) is 2. The van der Waals surface area contributed by atoms with E-state index >= 15 is 4.39 Å². The topological polar surface area (TPSA) is 58.2 Å². The zero-order valence-electron chi connectivity index (χ0n) is 22.5. The minimum atomic E-state index is -1.16. The molecule has 2 spiro atoms. The maximum absolute atomic E-state index is 16.0. The highest BCUT2D eigenvalue weighted by atomic mass is 35.5. The highest BCUT2D eigenvalue weighted by Crippen LogP contribution is 2.62. The van der Waals surface area contributed by atoms with E-state index in [1.807, 2.05) is 6.07 Å². The van der Waals surface area contributed by atoms with Crippen molar-refractivity contribution >= 4 is 40.6 Å². The van der Waals surface area contributed by atoms with Gasteiger partial charge in [0.05, 0.1) is 11.1 Å². The molecule has 3 atom stereocenters. The Labute approximate surface area is 240 Å². The van der Waals surface area contributed by atoms with Gasteiger partial charge in [0.15, 0.2) is 5.78 Å². The van der Waals surface area contributed by atoms with E-state index in [2.05, 4.69) is 17.6 Å². The van der Waals surface area contributed by atoms with Crippen LogP contribution >= 0.6 is 23.2 Å². The standard InChI is InChI=1S/C32H37Cl2FN2O2/c1-19-9-11-20(12-10-19)17-26(38)29-27(22-7-6-8-24(34)28(22)35)32(31(37-29)15-4-2-3-5-16-31)23-14-13-21(33)18-25(23)36-30(32)39/h6-8,13-14,18-20,27,29,37H,2-5,9-12,15-17H2,1H3,(H,36,39)/t19?,20?,27-,29-,32+/m0/s1. The average molecular weight is 572 g/mol. The number of hydrogen-bond acceptors (Lipinski definition) is 3. The van der Waals surface area contributed by atoms with Gasteiger partial charge >= 0.3 is 0 Å². The molecule has 0 aromatic heterocycles. The van der Waals surface area contributed by atoms with Crippen LogP contribution in [0.2, 0.25) is 10.0 Å². The van der Waals surface area contributed by atoms with Crippen LogP contribution in [0.5, 0.6) is 0 Å². The Balaban J connectivity index is 1.54. The zero-order chi connectivity index (χ0) is 27.4. The predicted molar refractivity (Wildman–Crippen MR) is 154 cm³/mol. The fraction of sp³-hybridized carbons (Fsp3) is 0.562. The molecule has 0 unspecified atom stereocenters. The summed E-state index contributed by atoms with van der Waals surface area (Å²) in [6, 6.07) is 9.77. The van der Waals surface area contributed by atoms with Crippen LogP contribution in [0.25, 0.3) is 0 Å². The lowest BCUT2D eigenvalue weighted by Gasteiger charge is -2.44. The Morgan fingerprint density at radius 3 is 2.46 bits per heavy atom. The number of carbonyl (C=O) groups is 2. The van der Waals surface area contributed by atoms with Crippen molar-refractivity contribution in [3.05, 3.63) is 63.4 Å². The summed E-state index contributed by atoms with van der Waals surface area (Å²) in [5.41, 5.74) is -0.0561. The molecule has 2 N–H and O–H groups in total. The third-order valence-corrected chi connectivity index (χ3v) is 10.8. The molecule has 39 heavy (non-hydrogen) atoms. The van der Waals surface area contributed by atoms with E-state index in [4.69, 9.17) is 23.2 Å². The van der Waals surface area contributed by atoms with Gasteiger partial charge in [0, 0.05) is 28.6 Å². The normalized spacial score (nSPS) is 31.7. The van der Waals surface area contributed by atoms with Crippen LogP contribution in [-0.4, -0.2) is 23.3 Å². The fourth-order valence-corrected chi connectivity index (χ4v) is 8.74. The quantitative estimate of drug-likeness (QED) is 0.392. The summed E-state index contributed by atoms with van der Waals surface area (Å²) in [7, 11) is 0. The lowest BCUT2D eigenvalue weighted by atomic mass is 9.56. The average Bonchev–Trinajstić information content (AvgIpc) is 3.23. The molecule has 0 bridgehead atoms. The van der Waals surface area contributed by atoms with Crippen LogP contribution in [0, 0.1) is 17.7 Å². The molecule has 1 amide bonds. The second-order valence-corrected chi connectivity index (χ2v) is 13.3. The molecule has 2 saturated carbocycles. The Morgan fingerprint density at radius 1 is 1.03 bits per heavy atom. The van der Waals surface area contributed by atoms with Gasteiger partial charge in [0.2, 0.25) is 5.91 Å². The summed E-state index contributed by atoms with van der Waals surface area (Å²) < 4.78 is 16.0. The number of rotatable bonds is 4. The van der Waals surface area contributed by atoms with Crippen LogP contribution in [0.4, 0.5) is 10.1 Å². The highest BCUT2D eigenvalue weighted by molar-refractivity contribution is 6.31. The zero-order valence-corrected chi connectivity index (χ0v) is 24.0. The van der Waals surface area contributed by atoms with Gasteiger partial charge in [-0.1, -0.05) is 86.8 Å². The molecule has 208 valence electrons. The van der Waals surface area contributed by atoms with E-state index in [-0.39, 0.29) is 16.7 Å². The summed E-state index contributed by atoms with van der Waals surface area (Å²) in [6.45, 7) is 2.27. The number of ketones is 1. The number of anilines is 1. The number of hydrogen-bond donors (Lipinski definition) is 2. The van der Waals surface area contributed by atoms with Gasteiger partial charge in [-0.15, -0.1) is 0 Å². The minimum absolute atomic E-state index is 0.00617. The largest absolute Gasteiger partial charge is 0.325 e. The molecule has 4 nitrogen and oxygen atoms in total. The van der Waals surface area contributed by atoms with Crippen molar-refractivity contribution in [2.45, 2.75) is 100 Å². The van der Waals surface area contributed by atoms with E-state index in [9.17, 15) is 9.59 Å². The molecule has 3 fully saturated rings. The van der Waals surface area contributed by atoms with Crippen molar-refractivity contribution in [2.24, 2.45) is 11.8 Å². The summed E-state index contributed by atoms with van der Waals surface area (Å²) in [4.78, 5) is 28.8. The van der Waals surface area contributed by atoms with Gasteiger partial charge in [0.25, 0.3) is 0 Å². The van der Waals surface area contributed by atoms with Gasteiger partial charge < -0.3 is 5.32 Å². The molecule has 2 aromatic carbocycles. The third-order valence-electron chi connectivity index (χ3n) is 10.2. The molecule has 2 aromatic rings. The first-order valence-electron chi connectivity index (χ1n) is 14.6. The summed E-state index contributed by atoms with van der Waals surface area (Å²) in [6.07, 6.45) is 10.3. The number of Topliss-reactive ketones (excluding diaryl/α,β-unsaturated/α-hetero) is 1. The van der Waals surface area contributed by atoms with Crippen molar-refractivity contribution in [3.63, 3.8) is 0 Å². The number of amides is 1. The number of carbonyl (C=O) groups excluding carboxylic acids is 2. The van der Waals surface area contributed by atoms with E-state index in [0.717, 1.165) is 69.8 Å². The Hall–Kier alpha value is -1.95. The molecule has 2 aliphatic carbocycles. The van der Waals surface area contributed by atoms with E-state index in [1.165, 1.54) is 6.07 Å². The van der Waals surface area contributed by atoms with Crippen LogP contribution in [-0.2, 0) is 15.0 Å². The van der Waals surface area contributed by atoms with Crippen molar-refractivity contribution in [1.82, 2.24) is 5.32 Å². The molecule has 6 rings (SSSR count). The molecule has 2 aliphatic heterocycles. The van der Waals surface area contributed by atoms with Crippen molar-refractivity contribution < 1.29 is 14.0 Å². The Bertz CT molecular complexity index is 1280.